The Morgan fingerprint density at radius 2 is 2.36 bits per heavy atom. The lowest BCUT2D eigenvalue weighted by Crippen LogP contribution is -2.28. The first-order valence-corrected chi connectivity index (χ1v) is 4.01. The fourth-order valence-corrected chi connectivity index (χ4v) is 1.02. The van der Waals surface area contributed by atoms with Crippen LogP contribution in [0.3, 0.4) is 0 Å². The zero-order chi connectivity index (χ0) is 10.6. The lowest BCUT2D eigenvalue weighted by atomic mass is 10.2. The quantitative estimate of drug-likeness (QED) is 0.652. The smallest absolute Gasteiger partial charge is 0.347 e. The Hall–Kier alpha value is -1.69. The first-order chi connectivity index (χ1) is 6.59. The fraction of sp³-hybridized carbons (Fsp3) is 0.375. The van der Waals surface area contributed by atoms with Crippen LogP contribution in [0.25, 0.3) is 0 Å². The molecule has 1 atom stereocenters. The molecule has 0 aliphatic carbocycles. The predicted octanol–water partition coefficient (Wildman–Crippen LogP) is -0.921. The summed E-state index contributed by atoms with van der Waals surface area (Å²) in [6.45, 7) is -0.0566. The van der Waals surface area contributed by atoms with Gasteiger partial charge in [0, 0.05) is 12.4 Å². The molecule has 1 heterocycles. The predicted molar refractivity (Wildman–Crippen MR) is 46.8 cm³/mol. The number of carboxylic acids is 1. The van der Waals surface area contributed by atoms with Crippen molar-refractivity contribution in [3.63, 3.8) is 0 Å². The van der Waals surface area contributed by atoms with Gasteiger partial charge in [-0.15, -0.1) is 0 Å². The summed E-state index contributed by atoms with van der Waals surface area (Å²) in [4.78, 5) is 24.7. The summed E-state index contributed by atoms with van der Waals surface area (Å²) in [5.41, 5.74) is -0.503. The Bertz CT molecular complexity index is 374. The highest BCUT2D eigenvalue weighted by atomic mass is 16.4. The van der Waals surface area contributed by atoms with E-state index in [-0.39, 0.29) is 13.0 Å². The molecule has 0 amide bonds. The molecule has 1 aromatic rings. The molecule has 1 rings (SSSR count). The summed E-state index contributed by atoms with van der Waals surface area (Å²) >= 11 is 0. The first kappa shape index (κ1) is 10.4. The minimum Gasteiger partial charge on any atom is -0.481 e. The van der Waals surface area contributed by atoms with Crippen LogP contribution in [0.2, 0.25) is 0 Å². The maximum atomic E-state index is 11.0. The van der Waals surface area contributed by atoms with Crippen LogP contribution in [0, 0.1) is 0 Å². The normalized spacial score (nSPS) is 12.4. The van der Waals surface area contributed by atoms with Crippen LogP contribution in [0.15, 0.2) is 23.3 Å². The lowest BCUT2D eigenvalue weighted by Gasteiger charge is -2.08. The standard InChI is InChI=1S/C8H10N2O4/c11-6(4-7(12)13)5-10-3-1-2-9-8(10)14/h1-3,6,11H,4-5H2,(H,12,13). The third kappa shape index (κ3) is 2.98. The molecule has 6 heteroatoms. The number of hydrogen-bond acceptors (Lipinski definition) is 4. The zero-order valence-corrected chi connectivity index (χ0v) is 7.33. The molecule has 6 nitrogen and oxygen atoms in total. The van der Waals surface area contributed by atoms with Gasteiger partial charge in [0.1, 0.15) is 0 Å². The van der Waals surface area contributed by atoms with E-state index in [1.54, 1.807) is 0 Å². The molecular formula is C8H10N2O4. The molecule has 0 fully saturated rings. The molecule has 2 N–H and O–H groups in total. The minimum atomic E-state index is -1.10. The second-order valence-corrected chi connectivity index (χ2v) is 2.81. The molecule has 0 aliphatic heterocycles. The maximum absolute atomic E-state index is 11.0. The summed E-state index contributed by atoms with van der Waals surface area (Å²) < 4.78 is 1.16. The Kier molecular flexibility index (Phi) is 3.35. The van der Waals surface area contributed by atoms with Gasteiger partial charge in [-0.25, -0.2) is 9.78 Å². The van der Waals surface area contributed by atoms with Gasteiger partial charge in [0.05, 0.1) is 19.1 Å². The molecule has 0 saturated heterocycles. The lowest BCUT2D eigenvalue weighted by molar-refractivity contribution is -0.139. The summed E-state index contributed by atoms with van der Waals surface area (Å²) in [6, 6.07) is 1.54. The van der Waals surface area contributed by atoms with Crippen LogP contribution in [0.5, 0.6) is 0 Å². The summed E-state index contributed by atoms with van der Waals surface area (Å²) in [5, 5.41) is 17.6. The Morgan fingerprint density at radius 1 is 1.64 bits per heavy atom. The van der Waals surface area contributed by atoms with Crippen molar-refractivity contribution >= 4 is 5.97 Å². The monoisotopic (exact) mass is 198 g/mol. The van der Waals surface area contributed by atoms with Crippen LogP contribution in [-0.2, 0) is 11.3 Å². The topological polar surface area (TPSA) is 92.4 Å². The number of aliphatic hydroxyl groups is 1. The van der Waals surface area contributed by atoms with Gasteiger partial charge < -0.3 is 10.2 Å². The Labute approximate surface area is 79.5 Å². The van der Waals surface area contributed by atoms with Crippen molar-refractivity contribution in [3.05, 3.63) is 28.9 Å². The van der Waals surface area contributed by atoms with E-state index in [4.69, 9.17) is 5.11 Å². The van der Waals surface area contributed by atoms with E-state index in [2.05, 4.69) is 4.98 Å². The molecule has 0 aliphatic rings. The van der Waals surface area contributed by atoms with Crippen molar-refractivity contribution in [1.29, 1.82) is 0 Å². The summed E-state index contributed by atoms with van der Waals surface area (Å²) in [6.07, 6.45) is 1.32. The van der Waals surface area contributed by atoms with E-state index in [1.807, 2.05) is 0 Å². The molecule has 0 saturated carbocycles. The van der Waals surface area contributed by atoms with Crippen molar-refractivity contribution in [2.75, 3.05) is 0 Å². The first-order valence-electron chi connectivity index (χ1n) is 4.01. The average molecular weight is 198 g/mol. The van der Waals surface area contributed by atoms with Gasteiger partial charge in [0.15, 0.2) is 0 Å². The van der Waals surface area contributed by atoms with Crippen molar-refractivity contribution in [2.45, 2.75) is 19.1 Å². The van der Waals surface area contributed by atoms with Crippen LogP contribution in [0.4, 0.5) is 0 Å². The van der Waals surface area contributed by atoms with Crippen molar-refractivity contribution in [1.82, 2.24) is 9.55 Å². The number of carbonyl (C=O) groups is 1. The number of rotatable bonds is 4. The highest BCUT2D eigenvalue weighted by Crippen LogP contribution is 1.94. The number of nitrogens with zero attached hydrogens (tertiary/aromatic N) is 2. The number of carboxylic acid groups (broad SMARTS) is 1. The van der Waals surface area contributed by atoms with E-state index in [9.17, 15) is 14.7 Å². The van der Waals surface area contributed by atoms with Crippen LogP contribution in [-0.4, -0.2) is 31.8 Å². The largest absolute Gasteiger partial charge is 0.481 e. The van der Waals surface area contributed by atoms with Gasteiger partial charge in [-0.2, -0.15) is 0 Å². The van der Waals surface area contributed by atoms with E-state index >= 15 is 0 Å². The molecule has 0 bridgehead atoms. The fourth-order valence-electron chi connectivity index (χ4n) is 1.02. The average Bonchev–Trinajstić information content (AvgIpc) is 2.07. The van der Waals surface area contributed by atoms with E-state index < -0.39 is 17.8 Å². The molecular weight excluding hydrogens is 188 g/mol. The third-order valence-electron chi connectivity index (χ3n) is 1.60. The van der Waals surface area contributed by atoms with Crippen molar-refractivity contribution in [2.24, 2.45) is 0 Å². The summed E-state index contributed by atoms with van der Waals surface area (Å²) in [7, 11) is 0. The molecule has 0 radical (unpaired) electrons. The molecule has 1 aromatic heterocycles. The van der Waals surface area contributed by atoms with Gasteiger partial charge >= 0.3 is 11.7 Å². The molecule has 76 valence electrons. The zero-order valence-electron chi connectivity index (χ0n) is 7.33. The maximum Gasteiger partial charge on any atom is 0.347 e. The van der Waals surface area contributed by atoms with Crippen LogP contribution in [0.1, 0.15) is 6.42 Å². The molecule has 0 spiro atoms. The molecule has 1 unspecified atom stereocenters. The SMILES string of the molecule is O=C(O)CC(O)Cn1cccnc1=O. The van der Waals surface area contributed by atoms with E-state index in [0.29, 0.717) is 0 Å². The van der Waals surface area contributed by atoms with Crippen molar-refractivity contribution in [3.8, 4) is 0 Å². The number of hydrogen-bond donors (Lipinski definition) is 2. The minimum absolute atomic E-state index is 0.0566. The Balaban J connectivity index is 2.65. The molecule has 14 heavy (non-hydrogen) atoms. The van der Waals surface area contributed by atoms with Gasteiger partial charge in [0.25, 0.3) is 0 Å². The Morgan fingerprint density at radius 3 is 2.93 bits per heavy atom. The summed E-state index contributed by atoms with van der Waals surface area (Å²) in [5.74, 6) is -1.10. The van der Waals surface area contributed by atoms with Gasteiger partial charge in [-0.1, -0.05) is 0 Å². The van der Waals surface area contributed by atoms with Gasteiger partial charge in [0.2, 0.25) is 0 Å². The third-order valence-corrected chi connectivity index (χ3v) is 1.60. The number of aliphatic hydroxyl groups excluding tert-OH is 1. The number of aliphatic carboxylic acids is 1. The highest BCUT2D eigenvalue weighted by molar-refractivity contribution is 5.67. The van der Waals surface area contributed by atoms with Gasteiger partial charge in [-0.05, 0) is 6.07 Å². The second kappa shape index (κ2) is 4.52. The highest BCUT2D eigenvalue weighted by Gasteiger charge is 2.10. The van der Waals surface area contributed by atoms with Crippen molar-refractivity contribution < 1.29 is 15.0 Å². The van der Waals surface area contributed by atoms with E-state index in [1.165, 1.54) is 18.5 Å². The number of aromatic nitrogens is 2. The van der Waals surface area contributed by atoms with Crippen LogP contribution < -0.4 is 5.69 Å². The molecule has 0 aromatic carbocycles. The van der Waals surface area contributed by atoms with E-state index in [0.717, 1.165) is 4.57 Å². The second-order valence-electron chi connectivity index (χ2n) is 2.81. The van der Waals surface area contributed by atoms with Gasteiger partial charge in [-0.3, -0.25) is 9.36 Å². The van der Waals surface area contributed by atoms with Crippen LogP contribution >= 0.6 is 0 Å².